The van der Waals surface area contributed by atoms with Crippen molar-refractivity contribution in [2.24, 2.45) is 0 Å². The van der Waals surface area contributed by atoms with E-state index in [9.17, 15) is 0 Å². The second-order valence-corrected chi connectivity index (χ2v) is 2.58. The first-order valence-electron chi connectivity index (χ1n) is 3.86. The highest BCUT2D eigenvalue weighted by Gasteiger charge is 2.08. The molecule has 0 aliphatic rings. The number of benzene rings is 1. The van der Waals surface area contributed by atoms with Gasteiger partial charge in [-0.25, -0.2) is 4.89 Å². The Hall–Kier alpha value is -1.06. The molecule has 0 spiro atoms. The van der Waals surface area contributed by atoms with Crippen molar-refractivity contribution in [1.82, 2.24) is 0 Å². The topological polar surface area (TPSA) is 41.5 Å². The van der Waals surface area contributed by atoms with Gasteiger partial charge in [0, 0.05) is 18.3 Å². The van der Waals surface area contributed by atoms with Gasteiger partial charge in [0.1, 0.15) is 6.10 Å². The summed E-state index contributed by atoms with van der Waals surface area (Å²) in [5.74, 6) is 0. The lowest BCUT2D eigenvalue weighted by molar-refractivity contribution is -0.276. The highest BCUT2D eigenvalue weighted by atomic mass is 17.1. The fraction of sp³-hybridized carbons (Fsp3) is 0.333. The molecule has 66 valence electrons. The molecule has 3 heteroatoms. The van der Waals surface area contributed by atoms with Gasteiger partial charge in [-0.1, -0.05) is 18.2 Å². The first-order valence-corrected chi connectivity index (χ1v) is 3.86. The first kappa shape index (κ1) is 9.03. The summed E-state index contributed by atoms with van der Waals surface area (Å²) in [4.78, 5) is 4.24. The number of rotatable bonds is 3. The van der Waals surface area contributed by atoms with Crippen LogP contribution in [0.4, 0.5) is 5.69 Å². The van der Waals surface area contributed by atoms with Gasteiger partial charge in [0.25, 0.3) is 0 Å². The van der Waals surface area contributed by atoms with Gasteiger partial charge >= 0.3 is 0 Å². The fourth-order valence-electron chi connectivity index (χ4n) is 1.14. The largest absolute Gasteiger partial charge is 0.388 e. The second-order valence-electron chi connectivity index (χ2n) is 2.58. The van der Waals surface area contributed by atoms with Crippen LogP contribution >= 0.6 is 0 Å². The van der Waals surface area contributed by atoms with Crippen molar-refractivity contribution in [2.45, 2.75) is 13.0 Å². The van der Waals surface area contributed by atoms with Crippen LogP contribution < -0.4 is 5.32 Å². The summed E-state index contributed by atoms with van der Waals surface area (Å²) in [6.07, 6.45) is -0.298. The zero-order chi connectivity index (χ0) is 8.97. The molecule has 3 nitrogen and oxygen atoms in total. The van der Waals surface area contributed by atoms with E-state index in [1.807, 2.05) is 31.3 Å². The monoisotopic (exact) mass is 167 g/mol. The van der Waals surface area contributed by atoms with Crippen molar-refractivity contribution in [3.8, 4) is 0 Å². The molecule has 0 aliphatic carbocycles. The molecular formula is C9H13NO2. The lowest BCUT2D eigenvalue weighted by Crippen LogP contribution is -2.01. The minimum atomic E-state index is -0.298. The van der Waals surface area contributed by atoms with E-state index in [4.69, 9.17) is 5.26 Å². The zero-order valence-electron chi connectivity index (χ0n) is 7.24. The van der Waals surface area contributed by atoms with Crippen LogP contribution in [-0.2, 0) is 4.89 Å². The van der Waals surface area contributed by atoms with E-state index in [1.54, 1.807) is 6.92 Å². The standard InChI is InChI=1S/C9H13NO2/c1-7(12-11)8-5-3-4-6-9(8)10-2/h3-7,10-11H,1-2H3. The summed E-state index contributed by atoms with van der Waals surface area (Å²) in [6, 6.07) is 7.68. The summed E-state index contributed by atoms with van der Waals surface area (Å²) >= 11 is 0. The van der Waals surface area contributed by atoms with Crippen molar-refractivity contribution >= 4 is 5.69 Å². The van der Waals surface area contributed by atoms with E-state index >= 15 is 0 Å². The van der Waals surface area contributed by atoms with Crippen LogP contribution in [0.2, 0.25) is 0 Å². The summed E-state index contributed by atoms with van der Waals surface area (Å²) in [5.41, 5.74) is 1.92. The Morgan fingerprint density at radius 2 is 2.08 bits per heavy atom. The van der Waals surface area contributed by atoms with Crippen molar-refractivity contribution in [3.05, 3.63) is 29.8 Å². The minimum absolute atomic E-state index is 0.298. The lowest BCUT2D eigenvalue weighted by atomic mass is 10.1. The molecular weight excluding hydrogens is 154 g/mol. The van der Waals surface area contributed by atoms with Crippen LogP contribution in [0, 0.1) is 0 Å². The predicted molar refractivity (Wildman–Crippen MR) is 48.1 cm³/mol. The average molecular weight is 167 g/mol. The van der Waals surface area contributed by atoms with E-state index < -0.39 is 0 Å². The molecule has 0 fully saturated rings. The van der Waals surface area contributed by atoms with Gasteiger partial charge in [0.15, 0.2) is 0 Å². The summed E-state index contributed by atoms with van der Waals surface area (Å²) < 4.78 is 0. The van der Waals surface area contributed by atoms with Gasteiger partial charge in [0.05, 0.1) is 0 Å². The van der Waals surface area contributed by atoms with Crippen molar-refractivity contribution < 1.29 is 10.1 Å². The molecule has 0 amide bonds. The maximum absolute atomic E-state index is 8.48. The molecule has 2 N–H and O–H groups in total. The highest BCUT2D eigenvalue weighted by molar-refractivity contribution is 5.51. The van der Waals surface area contributed by atoms with Crippen molar-refractivity contribution in [3.63, 3.8) is 0 Å². The third kappa shape index (κ3) is 1.75. The molecule has 0 aliphatic heterocycles. The van der Waals surface area contributed by atoms with Crippen molar-refractivity contribution in [1.29, 1.82) is 0 Å². The minimum Gasteiger partial charge on any atom is -0.388 e. The maximum atomic E-state index is 8.48. The normalized spacial score (nSPS) is 12.6. The van der Waals surface area contributed by atoms with Crippen LogP contribution in [0.25, 0.3) is 0 Å². The van der Waals surface area contributed by atoms with Crippen LogP contribution in [-0.4, -0.2) is 12.3 Å². The molecule has 0 saturated heterocycles. The van der Waals surface area contributed by atoms with Gasteiger partial charge in [-0.2, -0.15) is 0 Å². The maximum Gasteiger partial charge on any atom is 0.117 e. The van der Waals surface area contributed by atoms with E-state index in [0.717, 1.165) is 11.3 Å². The van der Waals surface area contributed by atoms with Gasteiger partial charge in [0.2, 0.25) is 0 Å². The average Bonchev–Trinajstić information content (AvgIpc) is 2.16. The SMILES string of the molecule is CNc1ccccc1C(C)OO. The Kier molecular flexibility index (Phi) is 3.08. The summed E-state index contributed by atoms with van der Waals surface area (Å²) in [7, 11) is 1.84. The molecule has 0 bridgehead atoms. The van der Waals surface area contributed by atoms with Crippen LogP contribution in [0.3, 0.4) is 0 Å². The van der Waals surface area contributed by atoms with Gasteiger partial charge in [-0.05, 0) is 13.0 Å². The Bertz CT molecular complexity index is 250. The number of hydrogen-bond acceptors (Lipinski definition) is 3. The van der Waals surface area contributed by atoms with Gasteiger partial charge in [-0.15, -0.1) is 0 Å². The fourth-order valence-corrected chi connectivity index (χ4v) is 1.14. The molecule has 0 radical (unpaired) electrons. The van der Waals surface area contributed by atoms with Crippen molar-refractivity contribution in [2.75, 3.05) is 12.4 Å². The number of para-hydroxylation sites is 1. The molecule has 0 saturated carbocycles. The van der Waals surface area contributed by atoms with Crippen LogP contribution in [0.5, 0.6) is 0 Å². The molecule has 1 aromatic carbocycles. The Morgan fingerprint density at radius 1 is 1.42 bits per heavy atom. The summed E-state index contributed by atoms with van der Waals surface area (Å²) in [5, 5.41) is 11.5. The van der Waals surface area contributed by atoms with E-state index in [2.05, 4.69) is 10.2 Å². The smallest absolute Gasteiger partial charge is 0.117 e. The molecule has 12 heavy (non-hydrogen) atoms. The Balaban J connectivity index is 2.96. The summed E-state index contributed by atoms with van der Waals surface area (Å²) in [6.45, 7) is 1.79. The third-order valence-corrected chi connectivity index (χ3v) is 1.83. The van der Waals surface area contributed by atoms with E-state index in [-0.39, 0.29) is 6.10 Å². The zero-order valence-corrected chi connectivity index (χ0v) is 7.24. The molecule has 1 aromatic rings. The predicted octanol–water partition coefficient (Wildman–Crippen LogP) is 2.28. The Morgan fingerprint density at radius 3 is 2.67 bits per heavy atom. The molecule has 1 unspecified atom stereocenters. The third-order valence-electron chi connectivity index (χ3n) is 1.83. The lowest BCUT2D eigenvalue weighted by Gasteiger charge is -2.12. The molecule has 1 atom stereocenters. The highest BCUT2D eigenvalue weighted by Crippen LogP contribution is 2.23. The first-order chi connectivity index (χ1) is 5.79. The van der Waals surface area contributed by atoms with Gasteiger partial charge in [-0.3, -0.25) is 5.26 Å². The molecule has 0 heterocycles. The van der Waals surface area contributed by atoms with Crippen LogP contribution in [0.15, 0.2) is 24.3 Å². The van der Waals surface area contributed by atoms with Gasteiger partial charge < -0.3 is 5.32 Å². The second kappa shape index (κ2) is 4.09. The number of nitrogens with one attached hydrogen (secondary N) is 1. The van der Waals surface area contributed by atoms with E-state index in [1.165, 1.54) is 0 Å². The Labute approximate surface area is 71.9 Å². The van der Waals surface area contributed by atoms with E-state index in [0.29, 0.717) is 0 Å². The number of anilines is 1. The molecule has 0 aromatic heterocycles. The molecule has 1 rings (SSSR count). The number of hydrogen-bond donors (Lipinski definition) is 2. The quantitative estimate of drug-likeness (QED) is 0.536. The van der Waals surface area contributed by atoms with Crippen LogP contribution in [0.1, 0.15) is 18.6 Å².